The summed E-state index contributed by atoms with van der Waals surface area (Å²) >= 11 is 0. The Hall–Kier alpha value is -1.79. The minimum absolute atomic E-state index is 0.0256. The normalized spacial score (nSPS) is 10.3. The van der Waals surface area contributed by atoms with Crippen LogP contribution in [0.4, 0.5) is 5.69 Å². The quantitative estimate of drug-likeness (QED) is 0.474. The molecular weight excluding hydrogens is 272 g/mol. The molecule has 0 atom stereocenters. The van der Waals surface area contributed by atoms with E-state index in [9.17, 15) is 4.79 Å². The van der Waals surface area contributed by atoms with E-state index in [1.807, 2.05) is 0 Å². The third-order valence-electron chi connectivity index (χ3n) is 2.70. The van der Waals surface area contributed by atoms with Crippen molar-refractivity contribution in [2.45, 2.75) is 12.8 Å². The molecule has 1 rings (SSSR count). The molecule has 0 heterocycles. The Morgan fingerprint density at radius 3 is 2.62 bits per heavy atom. The number of ether oxygens (including phenoxy) is 3. The molecule has 0 aliphatic rings. The minimum atomic E-state index is -0.0256. The van der Waals surface area contributed by atoms with Crippen LogP contribution >= 0.6 is 0 Å². The lowest BCUT2D eigenvalue weighted by Gasteiger charge is -2.08. The van der Waals surface area contributed by atoms with Crippen LogP contribution in [0.25, 0.3) is 0 Å². The number of hydrogen-bond acceptors (Lipinski definition) is 5. The van der Waals surface area contributed by atoms with Gasteiger partial charge in [0, 0.05) is 25.9 Å². The summed E-state index contributed by atoms with van der Waals surface area (Å²) in [7, 11) is 1.63. The first kappa shape index (κ1) is 17.3. The Kier molecular flexibility index (Phi) is 8.99. The summed E-state index contributed by atoms with van der Waals surface area (Å²) in [6.45, 7) is 2.74. The van der Waals surface area contributed by atoms with Crippen molar-refractivity contribution in [3.63, 3.8) is 0 Å². The van der Waals surface area contributed by atoms with Gasteiger partial charge in [0.1, 0.15) is 5.75 Å². The van der Waals surface area contributed by atoms with Gasteiger partial charge < -0.3 is 25.3 Å². The molecule has 1 amide bonds. The molecule has 0 bridgehead atoms. The van der Waals surface area contributed by atoms with Crippen LogP contribution in [-0.2, 0) is 14.3 Å². The lowest BCUT2D eigenvalue weighted by atomic mass is 10.3. The molecule has 0 spiro atoms. The summed E-state index contributed by atoms with van der Waals surface area (Å²) in [6.07, 6.45) is 1.11. The topological polar surface area (TPSA) is 82.8 Å². The maximum absolute atomic E-state index is 11.6. The summed E-state index contributed by atoms with van der Waals surface area (Å²) in [6, 6.07) is 7.09. The number of methoxy groups -OCH3 is 1. The van der Waals surface area contributed by atoms with Gasteiger partial charge in [0.25, 0.3) is 0 Å². The number of rotatable bonds is 11. The highest BCUT2D eigenvalue weighted by atomic mass is 16.5. The predicted molar refractivity (Wildman–Crippen MR) is 81.3 cm³/mol. The van der Waals surface area contributed by atoms with Crippen LogP contribution in [0.3, 0.4) is 0 Å². The largest absolute Gasteiger partial charge is 0.493 e. The van der Waals surface area contributed by atoms with E-state index in [1.165, 1.54) is 0 Å². The van der Waals surface area contributed by atoms with Crippen LogP contribution in [0.5, 0.6) is 5.75 Å². The van der Waals surface area contributed by atoms with Gasteiger partial charge in [-0.15, -0.1) is 0 Å². The van der Waals surface area contributed by atoms with Gasteiger partial charge in [0.05, 0.1) is 26.2 Å². The van der Waals surface area contributed by atoms with Crippen molar-refractivity contribution in [2.75, 3.05) is 45.8 Å². The Morgan fingerprint density at radius 1 is 1.14 bits per heavy atom. The maximum Gasteiger partial charge on any atom is 0.223 e. The first-order valence-corrected chi connectivity index (χ1v) is 7.04. The third-order valence-corrected chi connectivity index (χ3v) is 2.70. The van der Waals surface area contributed by atoms with Crippen molar-refractivity contribution in [1.29, 1.82) is 0 Å². The number of carbonyl (C=O) groups excluding carboxylic acids is 1. The molecule has 21 heavy (non-hydrogen) atoms. The van der Waals surface area contributed by atoms with Crippen LogP contribution < -0.4 is 15.8 Å². The molecule has 6 heteroatoms. The van der Waals surface area contributed by atoms with E-state index in [-0.39, 0.29) is 5.91 Å². The molecule has 0 saturated carbocycles. The Bertz CT molecular complexity index is 395. The summed E-state index contributed by atoms with van der Waals surface area (Å²) in [5.41, 5.74) is 6.26. The fraction of sp³-hybridized carbons (Fsp3) is 0.533. The average molecular weight is 296 g/mol. The predicted octanol–water partition coefficient (Wildman–Crippen LogP) is 1.21. The average Bonchev–Trinajstić information content (AvgIpc) is 2.48. The van der Waals surface area contributed by atoms with Gasteiger partial charge in [-0.2, -0.15) is 0 Å². The molecule has 6 nitrogen and oxygen atoms in total. The molecule has 0 unspecified atom stereocenters. The van der Waals surface area contributed by atoms with Gasteiger partial charge in [0.15, 0.2) is 0 Å². The van der Waals surface area contributed by atoms with E-state index in [4.69, 9.17) is 19.9 Å². The zero-order chi connectivity index (χ0) is 15.3. The third kappa shape index (κ3) is 8.88. The molecule has 1 aromatic rings. The van der Waals surface area contributed by atoms with Crippen LogP contribution in [-0.4, -0.2) is 46.0 Å². The molecule has 0 radical (unpaired) electrons. The van der Waals surface area contributed by atoms with Gasteiger partial charge in [-0.05, 0) is 30.7 Å². The lowest BCUT2D eigenvalue weighted by Crippen LogP contribution is -2.26. The zero-order valence-corrected chi connectivity index (χ0v) is 12.5. The second-order valence-electron chi connectivity index (χ2n) is 4.48. The SMILES string of the molecule is COCCOCCCNC(=O)CCOc1ccc(N)cc1. The summed E-state index contributed by atoms with van der Waals surface area (Å²) in [5, 5.41) is 2.82. The monoisotopic (exact) mass is 296 g/mol. The minimum Gasteiger partial charge on any atom is -0.493 e. The van der Waals surface area contributed by atoms with Crippen LogP contribution in [0.2, 0.25) is 0 Å². The number of nitrogens with one attached hydrogen (secondary N) is 1. The maximum atomic E-state index is 11.6. The van der Waals surface area contributed by atoms with E-state index in [0.29, 0.717) is 50.8 Å². The second kappa shape index (κ2) is 10.9. The number of benzene rings is 1. The smallest absolute Gasteiger partial charge is 0.223 e. The van der Waals surface area contributed by atoms with Crippen molar-refractivity contribution in [2.24, 2.45) is 0 Å². The lowest BCUT2D eigenvalue weighted by molar-refractivity contribution is -0.121. The van der Waals surface area contributed by atoms with Crippen molar-refractivity contribution in [3.8, 4) is 5.75 Å². The molecule has 0 fully saturated rings. The van der Waals surface area contributed by atoms with Crippen molar-refractivity contribution >= 4 is 11.6 Å². The van der Waals surface area contributed by atoms with Gasteiger partial charge in [-0.3, -0.25) is 4.79 Å². The number of carbonyl (C=O) groups is 1. The molecule has 0 aliphatic carbocycles. The van der Waals surface area contributed by atoms with Crippen molar-refractivity contribution < 1.29 is 19.0 Å². The highest BCUT2D eigenvalue weighted by molar-refractivity contribution is 5.75. The van der Waals surface area contributed by atoms with Crippen LogP contribution in [0, 0.1) is 0 Å². The molecule has 0 saturated heterocycles. The Balaban J connectivity index is 1.97. The molecule has 0 aliphatic heterocycles. The Morgan fingerprint density at radius 2 is 1.90 bits per heavy atom. The molecule has 118 valence electrons. The fourth-order valence-electron chi connectivity index (χ4n) is 1.56. The van der Waals surface area contributed by atoms with Gasteiger partial charge in [-0.25, -0.2) is 0 Å². The molecular formula is C15H24N2O4. The van der Waals surface area contributed by atoms with E-state index < -0.39 is 0 Å². The van der Waals surface area contributed by atoms with E-state index >= 15 is 0 Å². The Labute approximate surface area is 125 Å². The first-order chi connectivity index (χ1) is 10.2. The number of nitrogens with two attached hydrogens (primary N) is 1. The van der Waals surface area contributed by atoms with Gasteiger partial charge in [-0.1, -0.05) is 0 Å². The molecule has 1 aromatic carbocycles. The highest BCUT2D eigenvalue weighted by Crippen LogP contribution is 2.12. The van der Waals surface area contributed by atoms with E-state index in [2.05, 4.69) is 5.32 Å². The fourth-order valence-corrected chi connectivity index (χ4v) is 1.56. The van der Waals surface area contributed by atoms with Gasteiger partial charge in [0.2, 0.25) is 5.91 Å². The van der Waals surface area contributed by atoms with Crippen molar-refractivity contribution in [3.05, 3.63) is 24.3 Å². The number of nitrogen functional groups attached to an aromatic ring is 1. The number of hydrogen-bond donors (Lipinski definition) is 2. The van der Waals surface area contributed by atoms with Crippen molar-refractivity contribution in [1.82, 2.24) is 5.32 Å². The molecule has 0 aromatic heterocycles. The highest BCUT2D eigenvalue weighted by Gasteiger charge is 2.01. The van der Waals surface area contributed by atoms with E-state index in [1.54, 1.807) is 31.4 Å². The summed E-state index contributed by atoms with van der Waals surface area (Å²) in [5.74, 6) is 0.686. The second-order valence-corrected chi connectivity index (χ2v) is 4.48. The zero-order valence-electron chi connectivity index (χ0n) is 12.5. The van der Waals surface area contributed by atoms with Gasteiger partial charge >= 0.3 is 0 Å². The van der Waals surface area contributed by atoms with Crippen LogP contribution in [0.1, 0.15) is 12.8 Å². The standard InChI is InChI=1S/C15H24N2O4/c1-19-11-12-20-9-2-8-17-15(18)7-10-21-14-5-3-13(16)4-6-14/h3-6H,2,7-12,16H2,1H3,(H,17,18). The number of anilines is 1. The van der Waals surface area contributed by atoms with Crippen LogP contribution in [0.15, 0.2) is 24.3 Å². The first-order valence-electron chi connectivity index (χ1n) is 7.04. The molecule has 3 N–H and O–H groups in total. The van der Waals surface area contributed by atoms with E-state index in [0.717, 1.165) is 6.42 Å². The number of amides is 1. The summed E-state index contributed by atoms with van der Waals surface area (Å²) < 4.78 is 15.6. The summed E-state index contributed by atoms with van der Waals surface area (Å²) in [4.78, 5) is 11.6.